The van der Waals surface area contributed by atoms with E-state index < -0.39 is 0 Å². The molecule has 30 heavy (non-hydrogen) atoms. The van der Waals surface area contributed by atoms with Crippen molar-refractivity contribution in [1.29, 1.82) is 0 Å². The van der Waals surface area contributed by atoms with Crippen LogP contribution in [0.15, 0.2) is 35.5 Å². The summed E-state index contributed by atoms with van der Waals surface area (Å²) >= 11 is 1.77. The van der Waals surface area contributed by atoms with Gasteiger partial charge in [0.15, 0.2) is 5.96 Å². The van der Waals surface area contributed by atoms with E-state index in [2.05, 4.69) is 34.5 Å². The van der Waals surface area contributed by atoms with E-state index in [0.717, 1.165) is 61.1 Å². The van der Waals surface area contributed by atoms with Gasteiger partial charge in [0.05, 0.1) is 11.6 Å². The first kappa shape index (κ1) is 26.4. The predicted molar refractivity (Wildman–Crippen MR) is 137 cm³/mol. The lowest BCUT2D eigenvalue weighted by atomic mass is 10.1. The van der Waals surface area contributed by atoms with Crippen LogP contribution in [-0.2, 0) is 19.4 Å². The van der Waals surface area contributed by atoms with Gasteiger partial charge in [0, 0.05) is 49.2 Å². The van der Waals surface area contributed by atoms with Gasteiger partial charge in [0.1, 0.15) is 0 Å². The highest BCUT2D eigenvalue weighted by atomic mass is 127. The minimum atomic E-state index is 0. The van der Waals surface area contributed by atoms with Gasteiger partial charge in [-0.2, -0.15) is 0 Å². The summed E-state index contributed by atoms with van der Waals surface area (Å²) in [4.78, 5) is 24.7. The lowest BCUT2D eigenvalue weighted by Crippen LogP contribution is -2.38. The van der Waals surface area contributed by atoms with E-state index in [1.807, 2.05) is 49.2 Å². The Hall–Kier alpha value is -1.68. The summed E-state index contributed by atoms with van der Waals surface area (Å²) < 4.78 is 0. The first-order chi connectivity index (χ1) is 14.1. The molecule has 0 saturated heterocycles. The highest BCUT2D eigenvalue weighted by Gasteiger charge is 2.11. The summed E-state index contributed by atoms with van der Waals surface area (Å²) in [5.41, 5.74) is 1.80. The zero-order valence-corrected chi connectivity index (χ0v) is 21.5. The number of aromatic nitrogens is 1. The lowest BCUT2D eigenvalue weighted by Gasteiger charge is -2.18. The Balaban J connectivity index is 0.00000450. The number of nitrogens with zero attached hydrogens (tertiary/aromatic N) is 3. The van der Waals surface area contributed by atoms with Crippen LogP contribution in [0.25, 0.3) is 0 Å². The number of thiazole rings is 1. The smallest absolute Gasteiger partial charge is 0.253 e. The van der Waals surface area contributed by atoms with Gasteiger partial charge in [0.2, 0.25) is 0 Å². The molecular weight excluding hydrogens is 509 g/mol. The lowest BCUT2D eigenvalue weighted by molar-refractivity contribution is 0.0773. The largest absolute Gasteiger partial charge is 0.357 e. The summed E-state index contributed by atoms with van der Waals surface area (Å²) in [5, 5.41) is 7.80. The maximum absolute atomic E-state index is 12.4. The van der Waals surface area contributed by atoms with Gasteiger partial charge in [-0.05, 0) is 44.9 Å². The number of hydrogen-bond donors (Lipinski definition) is 2. The quantitative estimate of drug-likeness (QED) is 0.269. The summed E-state index contributed by atoms with van der Waals surface area (Å²) in [6.07, 6.45) is 3.89. The number of hydrogen-bond acceptors (Lipinski definition) is 4. The van der Waals surface area contributed by atoms with Crippen molar-refractivity contribution in [2.24, 2.45) is 4.99 Å². The Kier molecular flexibility index (Phi) is 12.6. The van der Waals surface area contributed by atoms with Gasteiger partial charge in [-0.15, -0.1) is 35.3 Å². The molecule has 2 rings (SSSR count). The van der Waals surface area contributed by atoms with Crippen LogP contribution >= 0.6 is 35.3 Å². The van der Waals surface area contributed by atoms with Crippen LogP contribution in [0.4, 0.5) is 0 Å². The van der Waals surface area contributed by atoms with Crippen molar-refractivity contribution in [3.63, 3.8) is 0 Å². The Morgan fingerprint density at radius 2 is 1.80 bits per heavy atom. The highest BCUT2D eigenvalue weighted by Crippen LogP contribution is 2.13. The molecule has 8 heteroatoms. The fourth-order valence-electron chi connectivity index (χ4n) is 2.87. The molecule has 2 N–H and O–H groups in total. The van der Waals surface area contributed by atoms with Crippen LogP contribution in [-0.4, -0.2) is 47.9 Å². The third-order valence-corrected chi connectivity index (χ3v) is 5.80. The molecule has 0 bridgehead atoms. The average Bonchev–Trinajstić information content (AvgIpc) is 3.21. The normalized spacial score (nSPS) is 11.0. The third kappa shape index (κ3) is 8.22. The number of carbonyl (C=O) groups excluding carboxylic acids is 1. The fourth-order valence-corrected chi connectivity index (χ4v) is 3.74. The Labute approximate surface area is 201 Å². The number of aliphatic imine (C=N–C) groups is 1. The Morgan fingerprint density at radius 3 is 2.37 bits per heavy atom. The molecule has 0 aliphatic heterocycles. The van der Waals surface area contributed by atoms with Crippen LogP contribution in [0.5, 0.6) is 0 Å². The molecule has 0 radical (unpaired) electrons. The zero-order valence-electron chi connectivity index (χ0n) is 18.4. The van der Waals surface area contributed by atoms with E-state index in [-0.39, 0.29) is 29.9 Å². The summed E-state index contributed by atoms with van der Waals surface area (Å²) in [7, 11) is 0. The zero-order chi connectivity index (χ0) is 21.1. The van der Waals surface area contributed by atoms with Gasteiger partial charge in [-0.25, -0.2) is 9.98 Å². The van der Waals surface area contributed by atoms with E-state index in [4.69, 9.17) is 0 Å². The third-order valence-electron chi connectivity index (χ3n) is 4.60. The molecule has 0 aliphatic carbocycles. The molecule has 0 spiro atoms. The maximum atomic E-state index is 12.4. The maximum Gasteiger partial charge on any atom is 0.253 e. The number of nitrogens with one attached hydrogen (secondary N) is 2. The van der Waals surface area contributed by atoms with Crippen LogP contribution in [0.2, 0.25) is 0 Å². The number of guanidine groups is 1. The van der Waals surface area contributed by atoms with Crippen molar-refractivity contribution in [1.82, 2.24) is 20.5 Å². The van der Waals surface area contributed by atoms with E-state index in [1.165, 1.54) is 4.88 Å². The average molecular weight is 544 g/mol. The second kappa shape index (κ2) is 14.3. The van der Waals surface area contributed by atoms with Crippen LogP contribution in [0.3, 0.4) is 0 Å². The molecule has 0 atom stereocenters. The van der Waals surface area contributed by atoms with Crippen molar-refractivity contribution in [3.05, 3.63) is 51.5 Å². The van der Waals surface area contributed by atoms with E-state index in [9.17, 15) is 4.79 Å². The molecule has 2 aromatic rings. The van der Waals surface area contributed by atoms with Crippen molar-refractivity contribution in [2.75, 3.05) is 26.2 Å². The molecule has 6 nitrogen and oxygen atoms in total. The topological polar surface area (TPSA) is 69.6 Å². The molecule has 1 heterocycles. The van der Waals surface area contributed by atoms with Crippen molar-refractivity contribution >= 4 is 47.2 Å². The van der Waals surface area contributed by atoms with E-state index in [1.54, 1.807) is 11.3 Å². The van der Waals surface area contributed by atoms with Gasteiger partial charge >= 0.3 is 0 Å². The van der Waals surface area contributed by atoms with Gasteiger partial charge in [0.25, 0.3) is 5.91 Å². The minimum absolute atomic E-state index is 0. The minimum Gasteiger partial charge on any atom is -0.357 e. The standard InChI is InChI=1S/C22H33N5OS.HI/c1-5-19-16-25-20(29-19)13-14-24-22(23-6-2)26-15-17-9-11-18(12-10-17)21(28)27(7-3)8-4;/h9-12,16H,5-8,13-15H2,1-4H3,(H2,23,24,26);1H. The second-order valence-electron chi connectivity index (χ2n) is 6.62. The molecule has 1 aromatic heterocycles. The summed E-state index contributed by atoms with van der Waals surface area (Å²) in [5.74, 6) is 0.872. The number of halogens is 1. The second-order valence-corrected chi connectivity index (χ2v) is 7.82. The molecule has 0 saturated carbocycles. The molecule has 1 amide bonds. The number of amides is 1. The van der Waals surface area contributed by atoms with Gasteiger partial charge < -0.3 is 15.5 Å². The molecule has 0 fully saturated rings. The van der Waals surface area contributed by atoms with Crippen LogP contribution < -0.4 is 10.6 Å². The summed E-state index contributed by atoms with van der Waals surface area (Å²) in [6.45, 7) is 11.8. The number of benzene rings is 1. The predicted octanol–water partition coefficient (Wildman–Crippen LogP) is 4.10. The molecule has 1 aromatic carbocycles. The monoisotopic (exact) mass is 543 g/mol. The molecule has 0 aliphatic rings. The van der Waals surface area contributed by atoms with E-state index >= 15 is 0 Å². The highest BCUT2D eigenvalue weighted by molar-refractivity contribution is 14.0. The number of aryl methyl sites for hydroxylation is 1. The first-order valence-corrected chi connectivity index (χ1v) is 11.3. The molecular formula is C22H34IN5OS. The molecule has 166 valence electrons. The van der Waals surface area contributed by atoms with Crippen molar-refractivity contribution < 1.29 is 4.79 Å². The van der Waals surface area contributed by atoms with Gasteiger partial charge in [-0.3, -0.25) is 4.79 Å². The van der Waals surface area contributed by atoms with Gasteiger partial charge in [-0.1, -0.05) is 19.1 Å². The number of carbonyl (C=O) groups is 1. The Morgan fingerprint density at radius 1 is 1.10 bits per heavy atom. The number of rotatable bonds is 10. The first-order valence-electron chi connectivity index (χ1n) is 10.4. The summed E-state index contributed by atoms with van der Waals surface area (Å²) in [6, 6.07) is 7.73. The van der Waals surface area contributed by atoms with Crippen molar-refractivity contribution in [2.45, 2.75) is 47.1 Å². The fraction of sp³-hybridized carbons (Fsp3) is 0.500. The molecule has 0 unspecified atom stereocenters. The van der Waals surface area contributed by atoms with Crippen LogP contribution in [0, 0.1) is 0 Å². The Bertz CT molecular complexity index is 787. The SMILES string of the molecule is CCNC(=NCc1ccc(C(=O)N(CC)CC)cc1)NCCc1ncc(CC)s1.I. The van der Waals surface area contributed by atoms with Crippen molar-refractivity contribution in [3.8, 4) is 0 Å². The van der Waals surface area contributed by atoms with Crippen LogP contribution in [0.1, 0.15) is 53.5 Å². The van der Waals surface area contributed by atoms with E-state index in [0.29, 0.717) is 6.54 Å².